The van der Waals surface area contributed by atoms with Gasteiger partial charge in [-0.15, -0.1) is 0 Å². The third kappa shape index (κ3) is 2.74. The molecule has 1 aliphatic heterocycles. The molecule has 3 rings (SSSR count). The van der Waals surface area contributed by atoms with Gasteiger partial charge >= 0.3 is 5.97 Å². The lowest BCUT2D eigenvalue weighted by atomic mass is 9.94. The summed E-state index contributed by atoms with van der Waals surface area (Å²) in [5, 5.41) is 8.48. The second-order valence-electron chi connectivity index (χ2n) is 5.42. The van der Waals surface area contributed by atoms with Gasteiger partial charge in [-0.3, -0.25) is 0 Å². The molecular formula is C16H13ClF2N2O2. The fraction of sp³-hybridized carbons (Fsp3) is 0.250. The molecule has 0 aliphatic carbocycles. The van der Waals surface area contributed by atoms with Gasteiger partial charge in [0, 0.05) is 18.4 Å². The van der Waals surface area contributed by atoms with Crippen LogP contribution in [0.15, 0.2) is 24.4 Å². The predicted molar refractivity (Wildman–Crippen MR) is 82.0 cm³/mol. The van der Waals surface area contributed by atoms with Gasteiger partial charge in [-0.1, -0.05) is 11.6 Å². The summed E-state index contributed by atoms with van der Waals surface area (Å²) in [6, 6.07) is 3.76. The summed E-state index contributed by atoms with van der Waals surface area (Å²) in [5.41, 5.74) is 2.12. The molecule has 2 aromatic rings. The van der Waals surface area contributed by atoms with Crippen LogP contribution in [0.4, 0.5) is 14.5 Å². The van der Waals surface area contributed by atoms with E-state index in [1.807, 2.05) is 11.8 Å². The first kappa shape index (κ1) is 15.7. The Morgan fingerprint density at radius 1 is 1.35 bits per heavy atom. The highest BCUT2D eigenvalue weighted by atomic mass is 35.5. The Bertz CT molecular complexity index is 775. The van der Waals surface area contributed by atoms with Crippen molar-refractivity contribution in [2.24, 2.45) is 0 Å². The Balaban J connectivity index is 1.98. The molecule has 0 bridgehead atoms. The highest BCUT2D eigenvalue weighted by molar-refractivity contribution is 6.30. The second kappa shape index (κ2) is 5.77. The number of fused-ring (bicyclic) bond motifs is 1. The number of pyridine rings is 1. The van der Waals surface area contributed by atoms with Crippen LogP contribution in [0.2, 0.25) is 5.02 Å². The molecule has 0 saturated heterocycles. The van der Waals surface area contributed by atoms with Crippen LogP contribution in [-0.4, -0.2) is 22.6 Å². The molecule has 0 spiro atoms. The normalized spacial score (nSPS) is 17.0. The van der Waals surface area contributed by atoms with Gasteiger partial charge in [0.2, 0.25) is 0 Å². The number of halogens is 3. The molecule has 1 aromatic carbocycles. The first-order valence-corrected chi connectivity index (χ1v) is 7.39. The van der Waals surface area contributed by atoms with Crippen LogP contribution >= 0.6 is 11.6 Å². The average Bonchev–Trinajstić information content (AvgIpc) is 2.52. The number of rotatable bonds is 2. The van der Waals surface area contributed by atoms with Crippen molar-refractivity contribution in [2.75, 3.05) is 11.4 Å². The number of nitrogens with zero attached hydrogens (tertiary/aromatic N) is 2. The van der Waals surface area contributed by atoms with E-state index in [-0.39, 0.29) is 11.7 Å². The minimum atomic E-state index is -1.08. The number of aromatic nitrogens is 1. The van der Waals surface area contributed by atoms with E-state index < -0.39 is 22.6 Å². The van der Waals surface area contributed by atoms with Crippen molar-refractivity contribution in [2.45, 2.75) is 19.4 Å². The number of carboxylic acid groups (broad SMARTS) is 1. The summed E-state index contributed by atoms with van der Waals surface area (Å²) in [6.07, 6.45) is 2.08. The lowest BCUT2D eigenvalue weighted by molar-refractivity contribution is 0.0690. The molecule has 23 heavy (non-hydrogen) atoms. The zero-order valence-electron chi connectivity index (χ0n) is 12.2. The molecule has 0 saturated carbocycles. The van der Waals surface area contributed by atoms with Crippen molar-refractivity contribution in [3.63, 3.8) is 0 Å². The van der Waals surface area contributed by atoms with Crippen LogP contribution in [0.1, 0.15) is 34.6 Å². The lowest BCUT2D eigenvalue weighted by Crippen LogP contribution is -2.34. The summed E-state index contributed by atoms with van der Waals surface area (Å²) < 4.78 is 27.4. The number of carboxylic acids is 1. The molecule has 0 fully saturated rings. The Kier molecular flexibility index (Phi) is 3.93. The van der Waals surface area contributed by atoms with Crippen molar-refractivity contribution in [3.05, 3.63) is 57.9 Å². The van der Waals surface area contributed by atoms with Crippen LogP contribution in [0.3, 0.4) is 0 Å². The van der Waals surface area contributed by atoms with Crippen LogP contribution < -0.4 is 4.90 Å². The van der Waals surface area contributed by atoms with Gasteiger partial charge in [0.15, 0.2) is 0 Å². The zero-order valence-corrected chi connectivity index (χ0v) is 12.9. The van der Waals surface area contributed by atoms with E-state index in [0.29, 0.717) is 18.7 Å². The molecule has 1 atom stereocenters. The van der Waals surface area contributed by atoms with Gasteiger partial charge in [-0.25, -0.2) is 18.6 Å². The van der Waals surface area contributed by atoms with Crippen molar-refractivity contribution in [1.82, 2.24) is 4.98 Å². The van der Waals surface area contributed by atoms with Crippen molar-refractivity contribution in [3.8, 4) is 0 Å². The third-order valence-corrected chi connectivity index (χ3v) is 4.44. The van der Waals surface area contributed by atoms with E-state index in [1.54, 1.807) is 6.07 Å². The van der Waals surface area contributed by atoms with Crippen LogP contribution in [0.5, 0.6) is 0 Å². The van der Waals surface area contributed by atoms with E-state index in [2.05, 4.69) is 4.98 Å². The Labute approximate surface area is 136 Å². The van der Waals surface area contributed by atoms with Crippen molar-refractivity contribution in [1.29, 1.82) is 0 Å². The van der Waals surface area contributed by atoms with Gasteiger partial charge in [0.25, 0.3) is 0 Å². The highest BCUT2D eigenvalue weighted by Crippen LogP contribution is 2.35. The molecule has 0 unspecified atom stereocenters. The highest BCUT2D eigenvalue weighted by Gasteiger charge is 2.26. The number of carbonyl (C=O) groups is 1. The monoisotopic (exact) mass is 338 g/mol. The fourth-order valence-corrected chi connectivity index (χ4v) is 2.99. The lowest BCUT2D eigenvalue weighted by Gasteiger charge is -2.37. The maximum Gasteiger partial charge on any atom is 0.354 e. The molecule has 1 N–H and O–H groups in total. The Morgan fingerprint density at radius 2 is 2.00 bits per heavy atom. The van der Waals surface area contributed by atoms with Crippen LogP contribution in [0, 0.1) is 11.6 Å². The van der Waals surface area contributed by atoms with Gasteiger partial charge in [-0.05, 0) is 42.7 Å². The van der Waals surface area contributed by atoms with Crippen LogP contribution in [0.25, 0.3) is 0 Å². The van der Waals surface area contributed by atoms with E-state index in [4.69, 9.17) is 16.7 Å². The standard InChI is InChI=1S/C16H13ClF2N2O2/c1-8-11-7-20-14(16(22)23)4-9(11)2-3-21(8)10-5-12(18)15(17)13(19)6-10/h4-8H,2-3H2,1H3,(H,22,23)/t8-/m0/s1. The molecule has 4 nitrogen and oxygen atoms in total. The summed E-state index contributed by atoms with van der Waals surface area (Å²) in [4.78, 5) is 16.8. The molecule has 0 radical (unpaired) electrons. The van der Waals surface area contributed by atoms with Gasteiger partial charge in [-0.2, -0.15) is 0 Å². The zero-order chi connectivity index (χ0) is 16.7. The number of anilines is 1. The summed E-state index contributed by atoms with van der Waals surface area (Å²) in [5.74, 6) is -2.69. The van der Waals surface area contributed by atoms with E-state index >= 15 is 0 Å². The minimum absolute atomic E-state index is 0.00650. The second-order valence-corrected chi connectivity index (χ2v) is 5.79. The topological polar surface area (TPSA) is 53.4 Å². The summed E-state index contributed by atoms with van der Waals surface area (Å²) >= 11 is 5.52. The Hall–Kier alpha value is -2.21. The Morgan fingerprint density at radius 3 is 2.61 bits per heavy atom. The molecule has 1 aromatic heterocycles. The smallest absolute Gasteiger partial charge is 0.354 e. The van der Waals surface area contributed by atoms with Gasteiger partial charge in [0.05, 0.1) is 6.04 Å². The van der Waals surface area contributed by atoms with Crippen molar-refractivity contribution >= 4 is 23.3 Å². The van der Waals surface area contributed by atoms with Crippen molar-refractivity contribution < 1.29 is 18.7 Å². The first-order valence-electron chi connectivity index (χ1n) is 7.01. The van der Waals surface area contributed by atoms with Gasteiger partial charge in [0.1, 0.15) is 22.4 Å². The third-order valence-electron chi connectivity index (χ3n) is 4.08. The minimum Gasteiger partial charge on any atom is -0.477 e. The van der Waals surface area contributed by atoms with Crippen LogP contribution in [-0.2, 0) is 6.42 Å². The number of hydrogen-bond acceptors (Lipinski definition) is 3. The molecular weight excluding hydrogens is 326 g/mol. The molecule has 7 heteroatoms. The fourth-order valence-electron chi connectivity index (χ4n) is 2.88. The van der Waals surface area contributed by atoms with Gasteiger partial charge < -0.3 is 10.0 Å². The number of hydrogen-bond donors (Lipinski definition) is 1. The summed E-state index contributed by atoms with van der Waals surface area (Å²) in [7, 11) is 0. The first-order chi connectivity index (χ1) is 10.9. The van der Waals surface area contributed by atoms with E-state index in [0.717, 1.165) is 11.1 Å². The average molecular weight is 339 g/mol. The SMILES string of the molecule is C[C@H]1c2cnc(C(=O)O)cc2CCN1c1cc(F)c(Cl)c(F)c1. The van der Waals surface area contributed by atoms with E-state index in [9.17, 15) is 13.6 Å². The predicted octanol–water partition coefficient (Wildman–Crippen LogP) is 3.84. The molecule has 0 amide bonds. The van der Waals surface area contributed by atoms with E-state index in [1.165, 1.54) is 18.3 Å². The summed E-state index contributed by atoms with van der Waals surface area (Å²) in [6.45, 7) is 2.39. The molecule has 120 valence electrons. The number of benzene rings is 1. The molecule has 2 heterocycles. The maximum absolute atomic E-state index is 13.7. The molecule has 1 aliphatic rings. The maximum atomic E-state index is 13.7. The quantitative estimate of drug-likeness (QED) is 0.845. The number of aromatic carboxylic acids is 1. The largest absolute Gasteiger partial charge is 0.477 e.